The first kappa shape index (κ1) is 15.3. The van der Waals surface area contributed by atoms with Crippen molar-refractivity contribution in [2.45, 2.75) is 26.3 Å². The molecule has 2 unspecified atom stereocenters. The van der Waals surface area contributed by atoms with Crippen LogP contribution >= 0.6 is 0 Å². The molecule has 5 nitrogen and oxygen atoms in total. The molecule has 2 atom stereocenters. The third-order valence-corrected chi connectivity index (χ3v) is 3.18. The average molecular weight is 267 g/mol. The number of hydrogen-bond donors (Lipinski definition) is 2. The van der Waals surface area contributed by atoms with E-state index < -0.39 is 11.9 Å². The SMILES string of the molecule is COc1cc(C)c(C(N)CC(C)C(=O)O)c(OC)c1. The number of aliphatic carboxylic acids is 1. The zero-order chi connectivity index (χ0) is 14.6. The minimum atomic E-state index is -0.847. The fraction of sp³-hybridized carbons (Fsp3) is 0.500. The van der Waals surface area contributed by atoms with Gasteiger partial charge in [0.2, 0.25) is 0 Å². The van der Waals surface area contributed by atoms with Gasteiger partial charge in [-0.15, -0.1) is 0 Å². The van der Waals surface area contributed by atoms with Gasteiger partial charge in [0.25, 0.3) is 0 Å². The maximum Gasteiger partial charge on any atom is 0.306 e. The second kappa shape index (κ2) is 6.43. The molecule has 0 bridgehead atoms. The van der Waals surface area contributed by atoms with Crippen molar-refractivity contribution in [1.29, 1.82) is 0 Å². The summed E-state index contributed by atoms with van der Waals surface area (Å²) in [4.78, 5) is 10.9. The molecule has 106 valence electrons. The number of rotatable bonds is 6. The number of carboxylic acids is 1. The van der Waals surface area contributed by atoms with Crippen LogP contribution < -0.4 is 15.2 Å². The van der Waals surface area contributed by atoms with Gasteiger partial charge in [0, 0.05) is 17.7 Å². The minimum absolute atomic E-state index is 0.360. The molecule has 0 saturated carbocycles. The Labute approximate surface area is 113 Å². The van der Waals surface area contributed by atoms with Crippen molar-refractivity contribution in [3.63, 3.8) is 0 Å². The molecule has 0 aliphatic rings. The van der Waals surface area contributed by atoms with E-state index in [1.165, 1.54) is 0 Å². The van der Waals surface area contributed by atoms with Gasteiger partial charge in [-0.05, 0) is 25.0 Å². The molecule has 0 aliphatic carbocycles. The van der Waals surface area contributed by atoms with E-state index in [9.17, 15) is 4.79 Å². The van der Waals surface area contributed by atoms with Gasteiger partial charge in [-0.2, -0.15) is 0 Å². The summed E-state index contributed by atoms with van der Waals surface area (Å²) in [6.45, 7) is 3.55. The summed E-state index contributed by atoms with van der Waals surface area (Å²) in [7, 11) is 3.14. The standard InChI is InChI=1S/C14H21NO4/c1-8-5-10(18-3)7-12(19-4)13(8)11(15)6-9(2)14(16)17/h5,7,9,11H,6,15H2,1-4H3,(H,16,17). The summed E-state index contributed by atoms with van der Waals surface area (Å²) in [5.74, 6) is -0.0275. The topological polar surface area (TPSA) is 81.8 Å². The first-order valence-corrected chi connectivity index (χ1v) is 6.11. The number of carboxylic acid groups (broad SMARTS) is 1. The smallest absolute Gasteiger partial charge is 0.306 e. The van der Waals surface area contributed by atoms with Crippen LogP contribution in [0.1, 0.15) is 30.5 Å². The zero-order valence-electron chi connectivity index (χ0n) is 11.8. The van der Waals surface area contributed by atoms with E-state index in [0.717, 1.165) is 11.1 Å². The Kier molecular flexibility index (Phi) is 5.18. The Morgan fingerprint density at radius 2 is 2.00 bits per heavy atom. The summed E-state index contributed by atoms with van der Waals surface area (Å²) >= 11 is 0. The normalized spacial score (nSPS) is 13.7. The molecule has 0 aromatic heterocycles. The Morgan fingerprint density at radius 3 is 2.47 bits per heavy atom. The molecule has 3 N–H and O–H groups in total. The second-order valence-corrected chi connectivity index (χ2v) is 4.64. The van der Waals surface area contributed by atoms with Gasteiger partial charge in [-0.3, -0.25) is 4.79 Å². The average Bonchev–Trinajstić information content (AvgIpc) is 2.36. The number of ether oxygens (including phenoxy) is 2. The molecule has 19 heavy (non-hydrogen) atoms. The van der Waals surface area contributed by atoms with Crippen molar-refractivity contribution < 1.29 is 19.4 Å². The van der Waals surface area contributed by atoms with E-state index in [2.05, 4.69) is 0 Å². The Hall–Kier alpha value is -1.75. The summed E-state index contributed by atoms with van der Waals surface area (Å²) in [5.41, 5.74) is 7.88. The highest BCUT2D eigenvalue weighted by Crippen LogP contribution is 2.34. The monoisotopic (exact) mass is 267 g/mol. The maximum atomic E-state index is 10.9. The van der Waals surface area contributed by atoms with Gasteiger partial charge < -0.3 is 20.3 Å². The molecular formula is C14H21NO4. The first-order valence-electron chi connectivity index (χ1n) is 6.11. The molecule has 0 fully saturated rings. The largest absolute Gasteiger partial charge is 0.497 e. The van der Waals surface area contributed by atoms with Crippen molar-refractivity contribution in [2.75, 3.05) is 14.2 Å². The van der Waals surface area contributed by atoms with Crippen LogP contribution in [-0.2, 0) is 4.79 Å². The highest BCUT2D eigenvalue weighted by molar-refractivity contribution is 5.69. The van der Waals surface area contributed by atoms with Gasteiger partial charge in [0.15, 0.2) is 0 Å². The van der Waals surface area contributed by atoms with E-state index in [1.807, 2.05) is 13.0 Å². The van der Waals surface area contributed by atoms with Crippen molar-refractivity contribution >= 4 is 5.97 Å². The molecule has 0 aliphatic heterocycles. The van der Waals surface area contributed by atoms with E-state index >= 15 is 0 Å². The van der Waals surface area contributed by atoms with Crippen LogP contribution in [0.3, 0.4) is 0 Å². The maximum absolute atomic E-state index is 10.9. The third kappa shape index (κ3) is 3.61. The lowest BCUT2D eigenvalue weighted by Gasteiger charge is -2.20. The van der Waals surface area contributed by atoms with E-state index in [1.54, 1.807) is 27.2 Å². The van der Waals surface area contributed by atoms with E-state index in [-0.39, 0.29) is 6.04 Å². The van der Waals surface area contributed by atoms with Crippen molar-refractivity contribution in [2.24, 2.45) is 11.7 Å². The molecule has 0 spiro atoms. The second-order valence-electron chi connectivity index (χ2n) is 4.64. The number of methoxy groups -OCH3 is 2. The fourth-order valence-corrected chi connectivity index (χ4v) is 2.10. The fourth-order valence-electron chi connectivity index (χ4n) is 2.10. The molecule has 0 heterocycles. The molecule has 0 amide bonds. The van der Waals surface area contributed by atoms with Crippen LogP contribution in [0.4, 0.5) is 0 Å². The van der Waals surface area contributed by atoms with Crippen LogP contribution in [0.15, 0.2) is 12.1 Å². The highest BCUT2D eigenvalue weighted by Gasteiger charge is 2.21. The first-order chi connectivity index (χ1) is 8.90. The number of carbonyl (C=O) groups is 1. The molecule has 0 saturated heterocycles. The molecular weight excluding hydrogens is 246 g/mol. The zero-order valence-corrected chi connectivity index (χ0v) is 11.8. The van der Waals surface area contributed by atoms with Gasteiger partial charge in [-0.1, -0.05) is 6.92 Å². The van der Waals surface area contributed by atoms with Gasteiger partial charge in [0.05, 0.1) is 20.1 Å². The quantitative estimate of drug-likeness (QED) is 0.825. The molecule has 1 rings (SSSR count). The number of hydrogen-bond acceptors (Lipinski definition) is 4. The Bertz CT molecular complexity index is 459. The number of nitrogens with two attached hydrogens (primary N) is 1. The van der Waals surface area contributed by atoms with Gasteiger partial charge in [0.1, 0.15) is 11.5 Å². The lowest BCUT2D eigenvalue weighted by molar-refractivity contribution is -0.141. The van der Waals surface area contributed by atoms with Crippen molar-refractivity contribution in [3.05, 3.63) is 23.3 Å². The van der Waals surface area contributed by atoms with E-state index in [0.29, 0.717) is 17.9 Å². The minimum Gasteiger partial charge on any atom is -0.497 e. The Balaban J connectivity index is 3.08. The summed E-state index contributed by atoms with van der Waals surface area (Å²) < 4.78 is 10.5. The van der Waals surface area contributed by atoms with Crippen LogP contribution in [0.25, 0.3) is 0 Å². The third-order valence-electron chi connectivity index (χ3n) is 3.18. The van der Waals surface area contributed by atoms with Gasteiger partial charge in [-0.25, -0.2) is 0 Å². The van der Waals surface area contributed by atoms with Crippen LogP contribution in [0.2, 0.25) is 0 Å². The van der Waals surface area contributed by atoms with Crippen molar-refractivity contribution in [3.8, 4) is 11.5 Å². The predicted octanol–water partition coefficient (Wildman–Crippen LogP) is 2.12. The van der Waals surface area contributed by atoms with Crippen LogP contribution in [-0.4, -0.2) is 25.3 Å². The summed E-state index contributed by atoms with van der Waals surface area (Å²) in [5, 5.41) is 8.95. The van der Waals surface area contributed by atoms with Crippen molar-refractivity contribution in [1.82, 2.24) is 0 Å². The lowest BCUT2D eigenvalue weighted by atomic mass is 9.93. The highest BCUT2D eigenvalue weighted by atomic mass is 16.5. The molecule has 5 heteroatoms. The Morgan fingerprint density at radius 1 is 1.37 bits per heavy atom. The van der Waals surface area contributed by atoms with Crippen LogP contribution in [0.5, 0.6) is 11.5 Å². The number of benzene rings is 1. The van der Waals surface area contributed by atoms with Gasteiger partial charge >= 0.3 is 5.97 Å². The number of aryl methyl sites for hydroxylation is 1. The predicted molar refractivity (Wildman–Crippen MR) is 72.6 cm³/mol. The van der Waals surface area contributed by atoms with E-state index in [4.69, 9.17) is 20.3 Å². The molecule has 1 aromatic rings. The summed E-state index contributed by atoms with van der Waals surface area (Å²) in [6.07, 6.45) is 0.360. The molecule has 1 aromatic carbocycles. The molecule has 0 radical (unpaired) electrons. The summed E-state index contributed by atoms with van der Waals surface area (Å²) in [6, 6.07) is 3.24. The lowest BCUT2D eigenvalue weighted by Crippen LogP contribution is -2.20. The van der Waals surface area contributed by atoms with Crippen LogP contribution in [0, 0.1) is 12.8 Å².